The normalized spacial score (nSPS) is 20.8. The summed E-state index contributed by atoms with van der Waals surface area (Å²) in [5, 5.41) is 0.516. The molecule has 2 aromatic carbocycles. The van der Waals surface area contributed by atoms with Crippen molar-refractivity contribution < 1.29 is 0 Å². The van der Waals surface area contributed by atoms with Gasteiger partial charge >= 0.3 is 0 Å². The molecule has 0 amide bonds. The molecule has 0 saturated carbocycles. The number of rotatable bonds is 3. The van der Waals surface area contributed by atoms with Crippen molar-refractivity contribution in [1.82, 2.24) is 0 Å². The SMILES string of the molecule is CSC1C(C)=C(C)CC1(c1ccccc1)c1ccccc1. The second kappa shape index (κ2) is 5.73. The van der Waals surface area contributed by atoms with E-state index < -0.39 is 0 Å². The Kier molecular flexibility index (Phi) is 3.95. The van der Waals surface area contributed by atoms with Crippen molar-refractivity contribution >= 4 is 11.8 Å². The van der Waals surface area contributed by atoms with E-state index in [1.54, 1.807) is 11.1 Å². The lowest BCUT2D eigenvalue weighted by molar-refractivity contribution is 0.555. The number of hydrogen-bond donors (Lipinski definition) is 0. The molecule has 0 fully saturated rings. The monoisotopic (exact) mass is 294 g/mol. The lowest BCUT2D eigenvalue weighted by Crippen LogP contribution is -2.35. The van der Waals surface area contributed by atoms with Gasteiger partial charge in [0, 0.05) is 10.7 Å². The quantitative estimate of drug-likeness (QED) is 0.679. The van der Waals surface area contributed by atoms with E-state index in [2.05, 4.69) is 80.8 Å². The minimum absolute atomic E-state index is 0.0795. The summed E-state index contributed by atoms with van der Waals surface area (Å²) in [7, 11) is 0. The van der Waals surface area contributed by atoms with Crippen LogP contribution in [0.4, 0.5) is 0 Å². The molecule has 0 N–H and O–H groups in total. The first kappa shape index (κ1) is 14.5. The van der Waals surface area contributed by atoms with E-state index in [9.17, 15) is 0 Å². The molecular formula is C20H22S. The maximum absolute atomic E-state index is 2.31. The Morgan fingerprint density at radius 1 is 0.857 bits per heavy atom. The fourth-order valence-corrected chi connectivity index (χ4v) is 5.08. The van der Waals surface area contributed by atoms with E-state index in [1.807, 2.05) is 11.8 Å². The van der Waals surface area contributed by atoms with Crippen LogP contribution in [-0.2, 0) is 5.41 Å². The van der Waals surface area contributed by atoms with Gasteiger partial charge in [-0.1, -0.05) is 71.8 Å². The van der Waals surface area contributed by atoms with Crippen molar-refractivity contribution in [3.8, 4) is 0 Å². The van der Waals surface area contributed by atoms with E-state index in [0.717, 1.165) is 6.42 Å². The molecule has 0 bridgehead atoms. The minimum atomic E-state index is 0.0795. The van der Waals surface area contributed by atoms with Gasteiger partial charge < -0.3 is 0 Å². The molecule has 0 spiro atoms. The van der Waals surface area contributed by atoms with Crippen LogP contribution in [0.5, 0.6) is 0 Å². The average Bonchev–Trinajstić information content (AvgIpc) is 2.81. The predicted octanol–water partition coefficient (Wildman–Crippen LogP) is 5.44. The van der Waals surface area contributed by atoms with Crippen molar-refractivity contribution in [2.24, 2.45) is 0 Å². The zero-order valence-corrected chi connectivity index (χ0v) is 13.8. The van der Waals surface area contributed by atoms with Crippen molar-refractivity contribution in [3.63, 3.8) is 0 Å². The predicted molar refractivity (Wildman–Crippen MR) is 94.0 cm³/mol. The Morgan fingerprint density at radius 2 is 1.33 bits per heavy atom. The Morgan fingerprint density at radius 3 is 1.76 bits per heavy atom. The van der Waals surface area contributed by atoms with Crippen LogP contribution in [0.1, 0.15) is 31.4 Å². The Balaban J connectivity index is 2.23. The van der Waals surface area contributed by atoms with Crippen molar-refractivity contribution in [1.29, 1.82) is 0 Å². The number of benzene rings is 2. The molecule has 1 unspecified atom stereocenters. The van der Waals surface area contributed by atoms with Gasteiger partial charge in [-0.2, -0.15) is 11.8 Å². The molecule has 0 saturated heterocycles. The molecule has 3 rings (SSSR count). The summed E-state index contributed by atoms with van der Waals surface area (Å²) in [5.74, 6) is 0. The standard InChI is InChI=1S/C20H22S/c1-15-14-20(19(21-3)16(15)2,17-10-6-4-7-11-17)18-12-8-5-9-13-18/h4-13,19H,14H2,1-3H3. The first-order valence-corrected chi connectivity index (χ1v) is 8.79. The Labute approximate surface area is 132 Å². The summed E-state index contributed by atoms with van der Waals surface area (Å²) in [6.45, 7) is 4.61. The summed E-state index contributed by atoms with van der Waals surface area (Å²) in [5.41, 5.74) is 6.05. The topological polar surface area (TPSA) is 0 Å². The first-order valence-electron chi connectivity index (χ1n) is 7.50. The molecule has 108 valence electrons. The minimum Gasteiger partial charge on any atom is -0.156 e. The van der Waals surface area contributed by atoms with Gasteiger partial charge in [0.15, 0.2) is 0 Å². The third-order valence-corrected chi connectivity index (χ3v) is 6.10. The molecule has 1 aliphatic carbocycles. The Hall–Kier alpha value is -1.47. The summed E-state index contributed by atoms with van der Waals surface area (Å²) in [6.07, 6.45) is 3.37. The van der Waals surface area contributed by atoms with Crippen LogP contribution in [0.25, 0.3) is 0 Å². The van der Waals surface area contributed by atoms with E-state index in [1.165, 1.54) is 11.1 Å². The lowest BCUT2D eigenvalue weighted by Gasteiger charge is -2.37. The van der Waals surface area contributed by atoms with E-state index >= 15 is 0 Å². The molecule has 0 nitrogen and oxygen atoms in total. The van der Waals surface area contributed by atoms with Gasteiger partial charge in [0.2, 0.25) is 0 Å². The van der Waals surface area contributed by atoms with Crippen molar-refractivity contribution in [2.75, 3.05) is 6.26 Å². The zero-order valence-electron chi connectivity index (χ0n) is 13.0. The fourth-order valence-electron chi connectivity index (χ4n) is 3.77. The van der Waals surface area contributed by atoms with Crippen LogP contribution in [0.3, 0.4) is 0 Å². The third kappa shape index (κ3) is 2.24. The molecular weight excluding hydrogens is 272 g/mol. The van der Waals surface area contributed by atoms with Crippen molar-refractivity contribution in [2.45, 2.75) is 30.9 Å². The fraction of sp³-hybridized carbons (Fsp3) is 0.300. The van der Waals surface area contributed by atoms with Crippen molar-refractivity contribution in [3.05, 3.63) is 82.9 Å². The summed E-state index contributed by atoms with van der Waals surface area (Å²) < 4.78 is 0. The van der Waals surface area contributed by atoms with Gasteiger partial charge in [0.1, 0.15) is 0 Å². The van der Waals surface area contributed by atoms with Crippen LogP contribution < -0.4 is 0 Å². The van der Waals surface area contributed by atoms with Crippen LogP contribution in [0.15, 0.2) is 71.8 Å². The molecule has 0 aromatic heterocycles. The maximum atomic E-state index is 2.31. The molecule has 1 atom stereocenters. The van der Waals surface area contributed by atoms with Gasteiger partial charge in [-0.05, 0) is 37.7 Å². The maximum Gasteiger partial charge on any atom is 0.0395 e. The molecule has 0 radical (unpaired) electrons. The van der Waals surface area contributed by atoms with Gasteiger partial charge in [-0.3, -0.25) is 0 Å². The van der Waals surface area contributed by atoms with Crippen LogP contribution >= 0.6 is 11.8 Å². The lowest BCUT2D eigenvalue weighted by atomic mass is 9.71. The number of thioether (sulfide) groups is 1. The van der Waals surface area contributed by atoms with Gasteiger partial charge in [0.05, 0.1) is 0 Å². The largest absolute Gasteiger partial charge is 0.156 e. The highest BCUT2D eigenvalue weighted by Gasteiger charge is 2.47. The summed E-state index contributed by atoms with van der Waals surface area (Å²) >= 11 is 1.98. The molecule has 1 heteroatoms. The molecule has 0 heterocycles. The van der Waals surface area contributed by atoms with Crippen LogP contribution in [0, 0.1) is 0 Å². The molecule has 0 aliphatic heterocycles. The van der Waals surface area contributed by atoms with Gasteiger partial charge in [-0.15, -0.1) is 0 Å². The summed E-state index contributed by atoms with van der Waals surface area (Å²) in [4.78, 5) is 0. The Bertz CT molecular complexity index is 601. The highest BCUT2D eigenvalue weighted by molar-refractivity contribution is 7.99. The van der Waals surface area contributed by atoms with E-state index in [0.29, 0.717) is 5.25 Å². The van der Waals surface area contributed by atoms with Crippen LogP contribution in [0.2, 0.25) is 0 Å². The zero-order chi connectivity index (χ0) is 14.9. The second-order valence-electron chi connectivity index (χ2n) is 5.96. The highest BCUT2D eigenvalue weighted by atomic mass is 32.2. The number of allylic oxidation sites excluding steroid dienone is 1. The van der Waals surface area contributed by atoms with Crippen LogP contribution in [-0.4, -0.2) is 11.5 Å². The van der Waals surface area contributed by atoms with E-state index in [4.69, 9.17) is 0 Å². The molecule has 2 aromatic rings. The number of hydrogen-bond acceptors (Lipinski definition) is 1. The molecule has 21 heavy (non-hydrogen) atoms. The van der Waals surface area contributed by atoms with Gasteiger partial charge in [0.25, 0.3) is 0 Å². The molecule has 1 aliphatic rings. The smallest absolute Gasteiger partial charge is 0.0395 e. The average molecular weight is 294 g/mol. The second-order valence-corrected chi connectivity index (χ2v) is 6.90. The highest BCUT2D eigenvalue weighted by Crippen LogP contribution is 2.53. The van der Waals surface area contributed by atoms with E-state index in [-0.39, 0.29) is 5.41 Å². The first-order chi connectivity index (χ1) is 10.2. The third-order valence-electron chi connectivity index (χ3n) is 4.87. The van der Waals surface area contributed by atoms with Gasteiger partial charge in [-0.25, -0.2) is 0 Å². The summed E-state index contributed by atoms with van der Waals surface area (Å²) in [6, 6.07) is 22.1.